The van der Waals surface area contributed by atoms with Gasteiger partial charge in [0.1, 0.15) is 5.58 Å². The van der Waals surface area contributed by atoms with E-state index in [1.54, 1.807) is 42.5 Å². The summed E-state index contributed by atoms with van der Waals surface area (Å²) in [6.07, 6.45) is 0.872. The molecule has 0 aliphatic rings. The minimum absolute atomic E-state index is 0.0418. The minimum Gasteiger partial charge on any atom is -0.452 e. The molecule has 3 rings (SSSR count). The highest BCUT2D eigenvalue weighted by Gasteiger charge is 2.21. The van der Waals surface area contributed by atoms with Crippen LogP contribution in [0.4, 0.5) is 0 Å². The highest BCUT2D eigenvalue weighted by Crippen LogP contribution is 2.32. The summed E-state index contributed by atoms with van der Waals surface area (Å²) in [7, 11) is -3.90. The second-order valence-corrected chi connectivity index (χ2v) is 7.39. The van der Waals surface area contributed by atoms with Crippen molar-refractivity contribution in [1.29, 1.82) is 0 Å². The molecule has 0 bridgehead atoms. The third-order valence-electron chi connectivity index (χ3n) is 3.35. The van der Waals surface area contributed by atoms with Crippen LogP contribution in [0.5, 0.6) is 5.75 Å². The van der Waals surface area contributed by atoms with Crippen LogP contribution in [0, 0.1) is 6.92 Å². The van der Waals surface area contributed by atoms with E-state index in [1.165, 1.54) is 0 Å². The lowest BCUT2D eigenvalue weighted by molar-refractivity contribution is 0.477. The molecule has 0 fully saturated rings. The summed E-state index contributed by atoms with van der Waals surface area (Å²) in [6.45, 7) is 1.86. The molecule has 0 aliphatic heterocycles. The molecule has 24 heavy (non-hydrogen) atoms. The highest BCUT2D eigenvalue weighted by atomic mass is 35.5. The predicted molar refractivity (Wildman–Crippen MR) is 93.1 cm³/mol. The fourth-order valence-electron chi connectivity index (χ4n) is 2.30. The van der Waals surface area contributed by atoms with Crippen LogP contribution in [0.3, 0.4) is 0 Å². The molecule has 124 valence electrons. The van der Waals surface area contributed by atoms with Gasteiger partial charge in [-0.3, -0.25) is 4.79 Å². The van der Waals surface area contributed by atoms with Gasteiger partial charge in [-0.2, -0.15) is 8.42 Å². The Kier molecular flexibility index (Phi) is 4.11. The second-order valence-electron chi connectivity index (χ2n) is 5.38. The van der Waals surface area contributed by atoms with Gasteiger partial charge >= 0.3 is 10.1 Å². The van der Waals surface area contributed by atoms with Gasteiger partial charge in [0.15, 0.2) is 5.76 Å². The van der Waals surface area contributed by atoms with Crippen molar-refractivity contribution in [3.8, 4) is 17.1 Å². The van der Waals surface area contributed by atoms with Crippen LogP contribution >= 0.6 is 11.6 Å². The SMILES string of the molecule is Cc1ccc2c(=O)c(OS(C)(=O)=O)c(-c3ccc(Cl)cc3)oc2c1. The van der Waals surface area contributed by atoms with E-state index in [-0.39, 0.29) is 16.9 Å². The molecular weight excluding hydrogens is 352 g/mol. The van der Waals surface area contributed by atoms with E-state index in [9.17, 15) is 13.2 Å². The Bertz CT molecular complexity index is 1080. The molecule has 1 aromatic heterocycles. The summed E-state index contributed by atoms with van der Waals surface area (Å²) < 4.78 is 33.8. The maximum Gasteiger partial charge on any atom is 0.306 e. The first-order valence-corrected chi connectivity index (χ1v) is 9.17. The number of fused-ring (bicyclic) bond motifs is 1. The molecule has 0 atom stereocenters. The van der Waals surface area contributed by atoms with Crippen molar-refractivity contribution in [2.75, 3.05) is 6.26 Å². The Hall–Kier alpha value is -2.31. The Morgan fingerprint density at radius 3 is 2.38 bits per heavy atom. The molecule has 0 aliphatic carbocycles. The summed E-state index contributed by atoms with van der Waals surface area (Å²) in [6, 6.07) is 11.5. The molecule has 2 aromatic carbocycles. The second kappa shape index (κ2) is 5.96. The third-order valence-corrected chi connectivity index (χ3v) is 4.07. The van der Waals surface area contributed by atoms with Crippen molar-refractivity contribution in [3.05, 3.63) is 63.3 Å². The number of hydrogen-bond acceptors (Lipinski definition) is 5. The van der Waals surface area contributed by atoms with Gasteiger partial charge in [-0.15, -0.1) is 0 Å². The Morgan fingerprint density at radius 1 is 1.08 bits per heavy atom. The molecule has 0 N–H and O–H groups in total. The van der Waals surface area contributed by atoms with Crippen LogP contribution < -0.4 is 9.61 Å². The molecule has 0 unspecified atom stereocenters. The predicted octanol–water partition coefficient (Wildman–Crippen LogP) is 3.76. The number of hydrogen-bond donors (Lipinski definition) is 0. The van der Waals surface area contributed by atoms with E-state index in [0.717, 1.165) is 11.8 Å². The van der Waals surface area contributed by atoms with Crippen LogP contribution in [-0.4, -0.2) is 14.7 Å². The highest BCUT2D eigenvalue weighted by molar-refractivity contribution is 7.86. The number of aryl methyl sites for hydroxylation is 1. The summed E-state index contributed by atoms with van der Waals surface area (Å²) >= 11 is 5.87. The summed E-state index contributed by atoms with van der Waals surface area (Å²) in [5.41, 5.74) is 1.19. The van der Waals surface area contributed by atoms with Crippen molar-refractivity contribution in [3.63, 3.8) is 0 Å². The van der Waals surface area contributed by atoms with Gasteiger partial charge < -0.3 is 8.60 Å². The van der Waals surface area contributed by atoms with Crippen LogP contribution in [0.25, 0.3) is 22.3 Å². The topological polar surface area (TPSA) is 73.6 Å². The fourth-order valence-corrected chi connectivity index (χ4v) is 2.88. The monoisotopic (exact) mass is 364 g/mol. The molecule has 0 saturated heterocycles. The molecule has 5 nitrogen and oxygen atoms in total. The van der Waals surface area contributed by atoms with Crippen molar-refractivity contribution in [2.45, 2.75) is 6.92 Å². The summed E-state index contributed by atoms with van der Waals surface area (Å²) in [5.74, 6) is -0.323. The average Bonchev–Trinajstić information content (AvgIpc) is 2.49. The van der Waals surface area contributed by atoms with Crippen LogP contribution in [0.2, 0.25) is 5.02 Å². The van der Waals surface area contributed by atoms with E-state index >= 15 is 0 Å². The normalized spacial score (nSPS) is 11.6. The first kappa shape index (κ1) is 16.5. The quantitative estimate of drug-likeness (QED) is 0.661. The molecular formula is C17H13ClO5S. The molecule has 0 saturated carbocycles. The van der Waals surface area contributed by atoms with E-state index in [1.807, 2.05) is 6.92 Å². The van der Waals surface area contributed by atoms with E-state index in [0.29, 0.717) is 16.2 Å². The maximum atomic E-state index is 12.7. The maximum absolute atomic E-state index is 12.7. The smallest absolute Gasteiger partial charge is 0.306 e. The molecule has 3 aromatic rings. The molecule has 0 spiro atoms. The minimum atomic E-state index is -3.90. The van der Waals surface area contributed by atoms with Gasteiger partial charge in [0, 0.05) is 10.6 Å². The molecule has 0 radical (unpaired) electrons. The van der Waals surface area contributed by atoms with Crippen molar-refractivity contribution >= 4 is 32.7 Å². The van der Waals surface area contributed by atoms with Gasteiger partial charge in [0.05, 0.1) is 11.6 Å². The Labute approximate surface area is 143 Å². The van der Waals surface area contributed by atoms with Gasteiger partial charge in [0.2, 0.25) is 11.2 Å². The third kappa shape index (κ3) is 3.29. The largest absolute Gasteiger partial charge is 0.452 e. The zero-order chi connectivity index (χ0) is 17.5. The average molecular weight is 365 g/mol. The lowest BCUT2D eigenvalue weighted by Crippen LogP contribution is -2.15. The first-order valence-electron chi connectivity index (χ1n) is 6.97. The molecule has 0 amide bonds. The number of rotatable bonds is 3. The van der Waals surface area contributed by atoms with E-state index in [2.05, 4.69) is 0 Å². The van der Waals surface area contributed by atoms with Crippen molar-refractivity contribution in [1.82, 2.24) is 0 Å². The number of halogens is 1. The summed E-state index contributed by atoms with van der Waals surface area (Å²) in [4.78, 5) is 12.7. The molecule has 1 heterocycles. The number of benzene rings is 2. The fraction of sp³-hybridized carbons (Fsp3) is 0.118. The van der Waals surface area contributed by atoms with Gasteiger partial charge in [-0.25, -0.2) is 0 Å². The summed E-state index contributed by atoms with van der Waals surface area (Å²) in [5, 5.41) is 0.750. The van der Waals surface area contributed by atoms with E-state index < -0.39 is 15.5 Å². The zero-order valence-corrected chi connectivity index (χ0v) is 14.4. The zero-order valence-electron chi connectivity index (χ0n) is 12.9. The Balaban J connectivity index is 2.37. The van der Waals surface area contributed by atoms with Crippen molar-refractivity contribution < 1.29 is 17.0 Å². The van der Waals surface area contributed by atoms with Gasteiger partial charge in [0.25, 0.3) is 0 Å². The first-order chi connectivity index (χ1) is 11.2. The van der Waals surface area contributed by atoms with Crippen LogP contribution in [0.1, 0.15) is 5.56 Å². The van der Waals surface area contributed by atoms with Crippen LogP contribution in [0.15, 0.2) is 51.7 Å². The van der Waals surface area contributed by atoms with E-state index in [4.69, 9.17) is 20.2 Å². The molecule has 7 heteroatoms. The van der Waals surface area contributed by atoms with Gasteiger partial charge in [-0.05, 0) is 48.9 Å². The van der Waals surface area contributed by atoms with Gasteiger partial charge in [-0.1, -0.05) is 17.7 Å². The lowest BCUT2D eigenvalue weighted by atomic mass is 10.1. The standard InChI is InChI=1S/C17H13ClO5S/c1-10-3-8-13-14(9-10)22-16(11-4-6-12(18)7-5-11)17(15(13)19)23-24(2,20)21/h3-9H,1-2H3. The lowest BCUT2D eigenvalue weighted by Gasteiger charge is -2.10. The van der Waals surface area contributed by atoms with Crippen molar-refractivity contribution in [2.24, 2.45) is 0 Å². The van der Waals surface area contributed by atoms with Crippen LogP contribution in [-0.2, 0) is 10.1 Å². The Morgan fingerprint density at radius 2 is 1.75 bits per heavy atom.